The fourth-order valence-corrected chi connectivity index (χ4v) is 5.00. The summed E-state index contributed by atoms with van der Waals surface area (Å²) < 4.78 is 21.5. The molecule has 5 rings (SSSR count). The van der Waals surface area contributed by atoms with Crippen LogP contribution < -0.4 is 15.6 Å². The Morgan fingerprint density at radius 3 is 2.81 bits per heavy atom. The summed E-state index contributed by atoms with van der Waals surface area (Å²) in [6, 6.07) is 12.3. The highest BCUT2D eigenvalue weighted by molar-refractivity contribution is 7.19. The Balaban J connectivity index is 0.00000231. The molecule has 0 spiro atoms. The van der Waals surface area contributed by atoms with Crippen molar-refractivity contribution in [2.75, 3.05) is 13.1 Å². The molecule has 31 heavy (non-hydrogen) atoms. The third-order valence-electron chi connectivity index (χ3n) is 5.28. The van der Waals surface area contributed by atoms with Gasteiger partial charge in [-0.05, 0) is 73.3 Å². The minimum atomic E-state index is -0.392. The van der Waals surface area contributed by atoms with Gasteiger partial charge in [0.25, 0.3) is 5.56 Å². The third-order valence-corrected chi connectivity index (χ3v) is 6.56. The minimum Gasteiger partial charge on any atom is -0.487 e. The van der Waals surface area contributed by atoms with E-state index >= 15 is 0 Å². The molecule has 0 aliphatic carbocycles. The molecule has 0 saturated carbocycles. The van der Waals surface area contributed by atoms with Crippen LogP contribution in [0.5, 0.6) is 5.75 Å². The number of nitrogens with zero attached hydrogens (tertiary/aromatic N) is 2. The molecular weight excluding hydrogens is 437 g/mol. The molecular formula is C23H21ClFN3O2S. The Labute approximate surface area is 188 Å². The average molecular weight is 458 g/mol. The van der Waals surface area contributed by atoms with E-state index in [1.54, 1.807) is 22.9 Å². The minimum absolute atomic E-state index is 0. The molecule has 1 aliphatic heterocycles. The summed E-state index contributed by atoms with van der Waals surface area (Å²) >= 11 is 1.85. The van der Waals surface area contributed by atoms with Crippen LogP contribution in [0.2, 0.25) is 0 Å². The highest BCUT2D eigenvalue weighted by Gasteiger charge is 2.15. The molecule has 5 nitrogen and oxygen atoms in total. The smallest absolute Gasteiger partial charge is 0.258 e. The van der Waals surface area contributed by atoms with E-state index in [9.17, 15) is 9.18 Å². The lowest BCUT2D eigenvalue weighted by Crippen LogP contribution is -2.17. The highest BCUT2D eigenvalue weighted by atomic mass is 35.5. The summed E-state index contributed by atoms with van der Waals surface area (Å²) in [5.74, 6) is 0.0658. The topological polar surface area (TPSA) is 56.1 Å². The van der Waals surface area contributed by atoms with Gasteiger partial charge in [0.05, 0.1) is 11.9 Å². The van der Waals surface area contributed by atoms with Gasteiger partial charge in [0.15, 0.2) is 0 Å². The van der Waals surface area contributed by atoms with E-state index in [-0.39, 0.29) is 24.6 Å². The Bertz CT molecular complexity index is 1270. The van der Waals surface area contributed by atoms with Gasteiger partial charge < -0.3 is 10.1 Å². The zero-order valence-electron chi connectivity index (χ0n) is 16.6. The van der Waals surface area contributed by atoms with Crippen LogP contribution >= 0.6 is 23.7 Å². The number of thiophene rings is 1. The predicted molar refractivity (Wildman–Crippen MR) is 123 cm³/mol. The molecule has 0 saturated heterocycles. The highest BCUT2D eigenvalue weighted by Crippen LogP contribution is 2.34. The molecule has 0 radical (unpaired) electrons. The van der Waals surface area contributed by atoms with Gasteiger partial charge in [0.2, 0.25) is 0 Å². The quantitative estimate of drug-likeness (QED) is 0.497. The van der Waals surface area contributed by atoms with Crippen molar-refractivity contribution in [2.24, 2.45) is 0 Å². The van der Waals surface area contributed by atoms with Gasteiger partial charge >= 0.3 is 0 Å². The van der Waals surface area contributed by atoms with Gasteiger partial charge in [-0.25, -0.2) is 4.39 Å². The van der Waals surface area contributed by atoms with Crippen molar-refractivity contribution in [1.82, 2.24) is 14.9 Å². The van der Waals surface area contributed by atoms with Crippen LogP contribution in [0, 0.1) is 5.82 Å². The number of hydrogen-bond donors (Lipinski definition) is 1. The molecule has 0 amide bonds. The van der Waals surface area contributed by atoms with E-state index in [2.05, 4.69) is 22.4 Å². The maximum Gasteiger partial charge on any atom is 0.258 e. The molecule has 0 bridgehead atoms. The number of fused-ring (bicyclic) bond motifs is 3. The van der Waals surface area contributed by atoms with Crippen LogP contribution in [0.3, 0.4) is 0 Å². The van der Waals surface area contributed by atoms with Crippen molar-refractivity contribution in [3.8, 4) is 11.4 Å². The predicted octanol–water partition coefficient (Wildman–Crippen LogP) is 4.28. The van der Waals surface area contributed by atoms with E-state index in [1.165, 1.54) is 32.7 Å². The van der Waals surface area contributed by atoms with Gasteiger partial charge in [-0.15, -0.1) is 23.7 Å². The normalized spacial score (nSPS) is 13.3. The molecule has 4 heterocycles. The van der Waals surface area contributed by atoms with Crippen molar-refractivity contribution < 1.29 is 9.13 Å². The first-order chi connectivity index (χ1) is 14.7. The fraction of sp³-hybridized carbons (Fsp3) is 0.217. The molecule has 8 heteroatoms. The van der Waals surface area contributed by atoms with Crippen LogP contribution in [0.1, 0.15) is 16.1 Å². The van der Waals surface area contributed by atoms with Gasteiger partial charge in [-0.3, -0.25) is 14.3 Å². The molecule has 1 aromatic carbocycles. The second-order valence-electron chi connectivity index (χ2n) is 7.26. The monoisotopic (exact) mass is 457 g/mol. The number of benzene rings is 1. The Morgan fingerprint density at radius 1 is 1.13 bits per heavy atom. The zero-order valence-corrected chi connectivity index (χ0v) is 18.3. The molecule has 3 aromatic heterocycles. The number of pyridine rings is 2. The van der Waals surface area contributed by atoms with E-state index in [0.717, 1.165) is 37.8 Å². The third kappa shape index (κ3) is 4.49. The second-order valence-corrected chi connectivity index (χ2v) is 8.40. The van der Waals surface area contributed by atoms with E-state index in [4.69, 9.17) is 4.74 Å². The van der Waals surface area contributed by atoms with Gasteiger partial charge in [-0.1, -0.05) is 0 Å². The molecule has 160 valence electrons. The van der Waals surface area contributed by atoms with Crippen molar-refractivity contribution in [1.29, 1.82) is 0 Å². The lowest BCUT2D eigenvalue weighted by Gasteiger charge is -2.09. The average Bonchev–Trinajstić information content (AvgIpc) is 2.93. The molecule has 0 atom stereocenters. The Hall–Kier alpha value is -2.74. The van der Waals surface area contributed by atoms with E-state index in [1.807, 2.05) is 17.4 Å². The van der Waals surface area contributed by atoms with Crippen molar-refractivity contribution >= 4 is 33.8 Å². The van der Waals surface area contributed by atoms with Crippen LogP contribution in [0.15, 0.2) is 59.7 Å². The van der Waals surface area contributed by atoms with Crippen molar-refractivity contribution in [3.63, 3.8) is 0 Å². The largest absolute Gasteiger partial charge is 0.487 e. The standard InChI is InChI=1S/C23H20FN3O2S.ClH/c24-15-1-2-16(26-13-15)14-29-18-7-10-27(23(28)12-18)17-3-4-21-20(11-17)19-5-8-25-9-6-22(19)30-21;/h1-4,7,10-13,25H,5-6,8-9,14H2;1H. The zero-order chi connectivity index (χ0) is 20.5. The van der Waals surface area contributed by atoms with Gasteiger partial charge in [0, 0.05) is 27.5 Å². The summed E-state index contributed by atoms with van der Waals surface area (Å²) in [6.07, 6.45) is 4.94. The molecule has 4 aromatic rings. The van der Waals surface area contributed by atoms with Crippen molar-refractivity contribution in [3.05, 3.63) is 87.2 Å². The number of aromatic nitrogens is 2. The number of rotatable bonds is 4. The molecule has 0 fully saturated rings. The van der Waals surface area contributed by atoms with E-state index < -0.39 is 5.82 Å². The van der Waals surface area contributed by atoms with Gasteiger partial charge in [0.1, 0.15) is 18.2 Å². The van der Waals surface area contributed by atoms with Gasteiger partial charge in [-0.2, -0.15) is 0 Å². The Morgan fingerprint density at radius 2 is 2.00 bits per heavy atom. The Kier molecular flexibility index (Phi) is 6.36. The summed E-state index contributed by atoms with van der Waals surface area (Å²) in [4.78, 5) is 18.1. The summed E-state index contributed by atoms with van der Waals surface area (Å²) in [5, 5.41) is 4.69. The number of ether oxygens (including phenoxy) is 1. The maximum absolute atomic E-state index is 12.9. The van der Waals surface area contributed by atoms with Crippen molar-refractivity contribution in [2.45, 2.75) is 19.4 Å². The molecule has 1 N–H and O–H groups in total. The summed E-state index contributed by atoms with van der Waals surface area (Å²) in [7, 11) is 0. The lowest BCUT2D eigenvalue weighted by molar-refractivity contribution is 0.300. The second kappa shape index (κ2) is 9.18. The summed E-state index contributed by atoms with van der Waals surface area (Å²) in [6.45, 7) is 2.17. The number of nitrogens with one attached hydrogen (secondary N) is 1. The van der Waals surface area contributed by atoms with Crippen LogP contribution in [-0.2, 0) is 19.4 Å². The first-order valence-electron chi connectivity index (χ1n) is 9.89. The molecule has 0 unspecified atom stereocenters. The van der Waals surface area contributed by atoms with E-state index in [0.29, 0.717) is 11.4 Å². The maximum atomic E-state index is 12.9. The number of halogens is 2. The first kappa shape index (κ1) is 21.5. The SMILES string of the molecule is Cl.O=c1cc(OCc2ccc(F)cn2)ccn1-c1ccc2sc3c(c2c1)CCNCC3. The summed E-state index contributed by atoms with van der Waals surface area (Å²) in [5.41, 5.74) is 2.68. The van der Waals surface area contributed by atoms with Crippen LogP contribution in [0.25, 0.3) is 15.8 Å². The van der Waals surface area contributed by atoms with Crippen LogP contribution in [0.4, 0.5) is 4.39 Å². The van der Waals surface area contributed by atoms with Crippen LogP contribution in [-0.4, -0.2) is 22.6 Å². The fourth-order valence-electron chi connectivity index (χ4n) is 3.77. The number of hydrogen-bond acceptors (Lipinski definition) is 5. The first-order valence-corrected chi connectivity index (χ1v) is 10.7. The molecule has 1 aliphatic rings. The lowest BCUT2D eigenvalue weighted by atomic mass is 10.1.